The Bertz CT molecular complexity index is 734. The summed E-state index contributed by atoms with van der Waals surface area (Å²) in [5, 5.41) is 0. The Morgan fingerprint density at radius 1 is 1.32 bits per heavy atom. The van der Waals surface area contributed by atoms with Crippen LogP contribution in [0.15, 0.2) is 34.2 Å². The third kappa shape index (κ3) is 3.30. The number of nitrogens with zero attached hydrogens (tertiary/aromatic N) is 2. The number of nitrogens with two attached hydrogens (primary N) is 2. The van der Waals surface area contributed by atoms with Gasteiger partial charge in [-0.15, -0.1) is 0 Å². The van der Waals surface area contributed by atoms with Crippen LogP contribution in [0.5, 0.6) is 0 Å². The number of alkyl halides is 3. The van der Waals surface area contributed by atoms with E-state index >= 15 is 0 Å². The van der Waals surface area contributed by atoms with Crippen molar-refractivity contribution in [2.45, 2.75) is 22.9 Å². The molecule has 22 heavy (non-hydrogen) atoms. The molecular formula is C13H11F3N4OS. The highest BCUT2D eigenvalue weighted by Gasteiger charge is 2.35. The number of amides is 1. The summed E-state index contributed by atoms with van der Waals surface area (Å²) in [5.74, 6) is -0.710. The van der Waals surface area contributed by atoms with Gasteiger partial charge in [-0.1, -0.05) is 11.8 Å². The zero-order valence-electron chi connectivity index (χ0n) is 11.3. The van der Waals surface area contributed by atoms with Crippen LogP contribution in [0, 0.1) is 6.92 Å². The van der Waals surface area contributed by atoms with Crippen LogP contribution in [0.4, 0.5) is 19.0 Å². The predicted molar refractivity (Wildman–Crippen MR) is 75.3 cm³/mol. The van der Waals surface area contributed by atoms with E-state index in [4.69, 9.17) is 11.5 Å². The van der Waals surface area contributed by atoms with Crippen molar-refractivity contribution in [1.82, 2.24) is 9.97 Å². The van der Waals surface area contributed by atoms with Gasteiger partial charge in [0.25, 0.3) is 5.91 Å². The van der Waals surface area contributed by atoms with Gasteiger partial charge in [-0.25, -0.2) is 4.98 Å². The minimum atomic E-state index is -4.59. The molecule has 0 bridgehead atoms. The van der Waals surface area contributed by atoms with Gasteiger partial charge in [-0.05, 0) is 25.1 Å². The van der Waals surface area contributed by atoms with Gasteiger partial charge in [0.2, 0.25) is 0 Å². The molecule has 0 aliphatic rings. The summed E-state index contributed by atoms with van der Waals surface area (Å²) in [5.41, 5.74) is 10.3. The normalized spacial score (nSPS) is 11.5. The fourth-order valence-corrected chi connectivity index (χ4v) is 2.72. The number of carbonyl (C=O) groups excluding carboxylic acids is 1. The second kappa shape index (κ2) is 5.84. The molecule has 2 aromatic heterocycles. The smallest absolute Gasteiger partial charge is 0.383 e. The quantitative estimate of drug-likeness (QED) is 0.903. The number of hydrogen-bond acceptors (Lipinski definition) is 5. The van der Waals surface area contributed by atoms with Gasteiger partial charge in [0.1, 0.15) is 5.82 Å². The van der Waals surface area contributed by atoms with Gasteiger partial charge < -0.3 is 11.5 Å². The first-order chi connectivity index (χ1) is 10.2. The van der Waals surface area contributed by atoms with E-state index in [-0.39, 0.29) is 21.2 Å². The molecule has 0 unspecified atom stereocenters. The van der Waals surface area contributed by atoms with E-state index in [1.54, 1.807) is 0 Å². The predicted octanol–water partition coefficient (Wildman–Crippen LogP) is 2.64. The molecule has 116 valence electrons. The zero-order chi connectivity index (χ0) is 16.5. The number of nitrogen functional groups attached to an aromatic ring is 1. The van der Waals surface area contributed by atoms with Crippen LogP contribution in [0.1, 0.15) is 21.7 Å². The topological polar surface area (TPSA) is 94.9 Å². The highest BCUT2D eigenvalue weighted by molar-refractivity contribution is 7.99. The third-order valence-corrected chi connectivity index (χ3v) is 3.83. The number of anilines is 1. The molecule has 9 heteroatoms. The lowest BCUT2D eigenvalue weighted by molar-refractivity contribution is -0.143. The van der Waals surface area contributed by atoms with E-state index < -0.39 is 17.8 Å². The molecule has 1 amide bonds. The molecule has 0 aliphatic carbocycles. The van der Waals surface area contributed by atoms with E-state index in [1.807, 2.05) is 0 Å². The van der Waals surface area contributed by atoms with Gasteiger partial charge in [0.05, 0.1) is 16.2 Å². The van der Waals surface area contributed by atoms with Crippen LogP contribution in [0.25, 0.3) is 0 Å². The van der Waals surface area contributed by atoms with Crippen molar-refractivity contribution in [2.24, 2.45) is 5.73 Å². The molecule has 0 saturated carbocycles. The molecule has 0 spiro atoms. The van der Waals surface area contributed by atoms with Crippen LogP contribution in [-0.4, -0.2) is 15.9 Å². The SMILES string of the molecule is Cc1nc(N)c(Sc2cccnc2C(F)(F)F)cc1C(N)=O. The van der Waals surface area contributed by atoms with E-state index in [0.717, 1.165) is 18.0 Å². The molecule has 0 radical (unpaired) electrons. The summed E-state index contributed by atoms with van der Waals surface area (Å²) < 4.78 is 38.8. The maximum Gasteiger partial charge on any atom is 0.434 e. The number of carbonyl (C=O) groups is 1. The second-order valence-corrected chi connectivity index (χ2v) is 5.40. The molecule has 5 nitrogen and oxygen atoms in total. The summed E-state index contributed by atoms with van der Waals surface area (Å²) >= 11 is 0.730. The first-order valence-corrected chi connectivity index (χ1v) is 6.78. The van der Waals surface area contributed by atoms with Crippen molar-refractivity contribution in [2.75, 3.05) is 5.73 Å². The molecule has 0 saturated heterocycles. The maximum atomic E-state index is 12.9. The number of rotatable bonds is 3. The average Bonchev–Trinajstić information content (AvgIpc) is 2.40. The van der Waals surface area contributed by atoms with E-state index in [0.29, 0.717) is 5.69 Å². The molecule has 2 heterocycles. The minimum Gasteiger partial charge on any atom is -0.383 e. The van der Waals surface area contributed by atoms with Crippen molar-refractivity contribution in [1.29, 1.82) is 0 Å². The van der Waals surface area contributed by atoms with E-state index in [2.05, 4.69) is 9.97 Å². The summed E-state index contributed by atoms with van der Waals surface area (Å²) in [7, 11) is 0. The highest BCUT2D eigenvalue weighted by atomic mass is 32.2. The standard InChI is InChI=1S/C13H11F3N4OS/c1-6-7(12(18)21)5-9(11(17)20-6)22-8-3-2-4-19-10(8)13(14,15)16/h2-5H,1H3,(H2,17,20)(H2,18,21). The van der Waals surface area contributed by atoms with Gasteiger partial charge >= 0.3 is 6.18 Å². The second-order valence-electron chi connectivity index (χ2n) is 4.32. The Hall–Kier alpha value is -2.29. The fraction of sp³-hybridized carbons (Fsp3) is 0.154. The van der Waals surface area contributed by atoms with Crippen LogP contribution in [-0.2, 0) is 6.18 Å². The Morgan fingerprint density at radius 3 is 2.59 bits per heavy atom. The Kier molecular flexibility index (Phi) is 4.27. The highest BCUT2D eigenvalue weighted by Crippen LogP contribution is 2.39. The first-order valence-electron chi connectivity index (χ1n) is 5.97. The Morgan fingerprint density at radius 2 is 2.00 bits per heavy atom. The maximum absolute atomic E-state index is 12.9. The van der Waals surface area contributed by atoms with Crippen LogP contribution < -0.4 is 11.5 Å². The molecule has 0 atom stereocenters. The average molecular weight is 328 g/mol. The monoisotopic (exact) mass is 328 g/mol. The molecule has 0 aliphatic heterocycles. The molecule has 2 rings (SSSR count). The summed E-state index contributed by atoms with van der Waals surface area (Å²) in [6.45, 7) is 1.54. The molecule has 2 aromatic rings. The van der Waals surface area contributed by atoms with Gasteiger partial charge in [-0.3, -0.25) is 9.78 Å². The lowest BCUT2D eigenvalue weighted by Gasteiger charge is -2.12. The number of pyridine rings is 2. The molecular weight excluding hydrogens is 317 g/mol. The Labute approximate surface area is 127 Å². The number of aromatic nitrogens is 2. The lowest BCUT2D eigenvalue weighted by Crippen LogP contribution is -2.14. The van der Waals surface area contributed by atoms with Crippen LogP contribution in [0.2, 0.25) is 0 Å². The molecule has 0 aromatic carbocycles. The number of aryl methyl sites for hydroxylation is 1. The first kappa shape index (κ1) is 16.1. The largest absolute Gasteiger partial charge is 0.434 e. The molecule has 4 N–H and O–H groups in total. The third-order valence-electron chi connectivity index (χ3n) is 2.73. The van der Waals surface area contributed by atoms with Gasteiger partial charge in [0, 0.05) is 11.1 Å². The van der Waals surface area contributed by atoms with Crippen molar-refractivity contribution in [3.05, 3.63) is 41.3 Å². The van der Waals surface area contributed by atoms with E-state index in [9.17, 15) is 18.0 Å². The summed E-state index contributed by atoms with van der Waals surface area (Å²) in [6, 6.07) is 3.98. The lowest BCUT2D eigenvalue weighted by atomic mass is 10.2. The van der Waals surface area contributed by atoms with Crippen molar-refractivity contribution < 1.29 is 18.0 Å². The Balaban J connectivity index is 2.49. The molecule has 0 fully saturated rings. The van der Waals surface area contributed by atoms with Crippen molar-refractivity contribution in [3.8, 4) is 0 Å². The number of hydrogen-bond donors (Lipinski definition) is 2. The summed E-state index contributed by atoms with van der Waals surface area (Å²) in [4.78, 5) is 18.7. The van der Waals surface area contributed by atoms with Gasteiger partial charge in [-0.2, -0.15) is 13.2 Å². The van der Waals surface area contributed by atoms with E-state index in [1.165, 1.54) is 25.1 Å². The number of primary amides is 1. The summed E-state index contributed by atoms with van der Waals surface area (Å²) in [6.07, 6.45) is -3.54. The fourth-order valence-electron chi connectivity index (χ4n) is 1.74. The minimum absolute atomic E-state index is 0.0180. The number of halogens is 3. The van der Waals surface area contributed by atoms with Gasteiger partial charge in [0.15, 0.2) is 5.69 Å². The van der Waals surface area contributed by atoms with Crippen LogP contribution >= 0.6 is 11.8 Å². The van der Waals surface area contributed by atoms with Crippen LogP contribution in [0.3, 0.4) is 0 Å². The van der Waals surface area contributed by atoms with Crippen molar-refractivity contribution in [3.63, 3.8) is 0 Å². The zero-order valence-corrected chi connectivity index (χ0v) is 12.1. The van der Waals surface area contributed by atoms with Crippen molar-refractivity contribution >= 4 is 23.5 Å².